The minimum Gasteiger partial charge on any atom is -0.481 e. The van der Waals surface area contributed by atoms with Crippen LogP contribution in [0, 0.1) is 11.8 Å². The van der Waals surface area contributed by atoms with Gasteiger partial charge >= 0.3 is 5.97 Å². The zero-order valence-electron chi connectivity index (χ0n) is 12.2. The van der Waals surface area contributed by atoms with Gasteiger partial charge < -0.3 is 5.11 Å². The Morgan fingerprint density at radius 3 is 2.10 bits per heavy atom. The second-order valence-corrected chi connectivity index (χ2v) is 6.87. The van der Waals surface area contributed by atoms with E-state index in [9.17, 15) is 18.0 Å². The monoisotopic (exact) mass is 313 g/mol. The lowest BCUT2D eigenvalue weighted by Gasteiger charge is -2.15. The van der Waals surface area contributed by atoms with Gasteiger partial charge in [-0.2, -0.15) is 0 Å². The van der Waals surface area contributed by atoms with Crippen LogP contribution in [0.1, 0.15) is 31.1 Å². The molecule has 0 saturated carbocycles. The third-order valence-corrected chi connectivity index (χ3v) is 4.68. The molecule has 1 aromatic rings. The zero-order chi connectivity index (χ0) is 16.2. The van der Waals surface area contributed by atoms with Crippen LogP contribution in [0.25, 0.3) is 0 Å². The molecule has 0 bridgehead atoms. The number of aliphatic carboxylic acids is 1. The molecule has 1 rings (SSSR count). The summed E-state index contributed by atoms with van der Waals surface area (Å²) in [6.45, 7) is 4.57. The Bertz CT molecular complexity index is 621. The van der Waals surface area contributed by atoms with Crippen molar-refractivity contribution in [2.45, 2.75) is 20.8 Å². The number of carbonyl (C=O) groups is 2. The first-order valence-corrected chi connectivity index (χ1v) is 8.20. The number of rotatable bonds is 7. The second kappa shape index (κ2) is 6.71. The lowest BCUT2D eigenvalue weighted by molar-refractivity contribution is -0.142. The van der Waals surface area contributed by atoms with Crippen molar-refractivity contribution in [2.24, 2.45) is 11.8 Å². The summed E-state index contributed by atoms with van der Waals surface area (Å²) in [6.07, 6.45) is 0. The maximum Gasteiger partial charge on any atom is 0.306 e. The Kier molecular flexibility index (Phi) is 5.48. The number of carboxylic acid groups (broad SMARTS) is 1. The van der Waals surface area contributed by atoms with Crippen LogP contribution in [-0.4, -0.2) is 31.0 Å². The van der Waals surface area contributed by atoms with E-state index in [1.807, 2.05) is 0 Å². The average molecular weight is 313 g/mol. The number of nitrogens with one attached hydrogen (secondary N) is 1. The van der Waals surface area contributed by atoms with Crippen LogP contribution in [0.5, 0.6) is 0 Å². The predicted molar refractivity (Wildman–Crippen MR) is 79.8 cm³/mol. The summed E-state index contributed by atoms with van der Waals surface area (Å²) >= 11 is 0. The van der Waals surface area contributed by atoms with Crippen molar-refractivity contribution in [3.05, 3.63) is 29.8 Å². The topological polar surface area (TPSA) is 101 Å². The molecule has 2 atom stereocenters. The highest BCUT2D eigenvalue weighted by Gasteiger charge is 2.26. The summed E-state index contributed by atoms with van der Waals surface area (Å²) in [4.78, 5) is 23.0. The maximum atomic E-state index is 12.1. The Morgan fingerprint density at radius 2 is 1.67 bits per heavy atom. The molecule has 6 nitrogen and oxygen atoms in total. The number of ketones is 1. The van der Waals surface area contributed by atoms with Crippen LogP contribution in [0.4, 0.5) is 5.69 Å². The third-order valence-electron chi connectivity index (χ3n) is 3.38. The van der Waals surface area contributed by atoms with E-state index in [0.29, 0.717) is 11.3 Å². The highest BCUT2D eigenvalue weighted by atomic mass is 32.2. The van der Waals surface area contributed by atoms with Gasteiger partial charge in [-0.25, -0.2) is 8.42 Å². The Morgan fingerprint density at radius 1 is 1.14 bits per heavy atom. The maximum absolute atomic E-state index is 12.1. The number of hydrogen-bond donors (Lipinski definition) is 2. The summed E-state index contributed by atoms with van der Waals surface area (Å²) in [5, 5.41) is 8.92. The van der Waals surface area contributed by atoms with Gasteiger partial charge in [0.25, 0.3) is 0 Å². The third kappa shape index (κ3) is 4.56. The zero-order valence-corrected chi connectivity index (χ0v) is 13.0. The molecule has 2 N–H and O–H groups in total. The van der Waals surface area contributed by atoms with Gasteiger partial charge in [0.15, 0.2) is 5.78 Å². The summed E-state index contributed by atoms with van der Waals surface area (Å²) < 4.78 is 25.2. The van der Waals surface area contributed by atoms with Crippen LogP contribution in [0.2, 0.25) is 0 Å². The largest absolute Gasteiger partial charge is 0.481 e. The van der Waals surface area contributed by atoms with Gasteiger partial charge in [0, 0.05) is 17.2 Å². The van der Waals surface area contributed by atoms with E-state index in [-0.39, 0.29) is 11.5 Å². The molecule has 0 aliphatic carbocycles. The first kappa shape index (κ1) is 17.2. The fourth-order valence-corrected chi connectivity index (χ4v) is 2.30. The number of hydrogen-bond acceptors (Lipinski definition) is 4. The first-order valence-electron chi connectivity index (χ1n) is 6.55. The molecule has 0 aliphatic heterocycles. The van der Waals surface area contributed by atoms with Crippen LogP contribution < -0.4 is 4.72 Å². The number of benzene rings is 1. The van der Waals surface area contributed by atoms with Gasteiger partial charge in [-0.15, -0.1) is 0 Å². The number of carboxylic acids is 1. The second-order valence-electron chi connectivity index (χ2n) is 4.86. The van der Waals surface area contributed by atoms with E-state index in [4.69, 9.17) is 5.11 Å². The van der Waals surface area contributed by atoms with Gasteiger partial charge in [0.2, 0.25) is 10.0 Å². The standard InChI is InChI=1S/C14H19NO5S/c1-4-21(19,20)15-12-7-5-11(6-8-12)13(16)9(2)10(3)14(17)18/h5-10,15H,4H2,1-3H3,(H,17,18). The van der Waals surface area contributed by atoms with E-state index < -0.39 is 27.8 Å². The van der Waals surface area contributed by atoms with Crippen LogP contribution in [-0.2, 0) is 14.8 Å². The number of carbonyl (C=O) groups excluding carboxylic acids is 1. The molecule has 7 heteroatoms. The van der Waals surface area contributed by atoms with Gasteiger partial charge in [-0.05, 0) is 31.2 Å². The summed E-state index contributed by atoms with van der Waals surface area (Å²) in [6, 6.07) is 5.94. The van der Waals surface area contributed by atoms with Crippen molar-refractivity contribution in [2.75, 3.05) is 10.5 Å². The molecule has 0 spiro atoms. The molecule has 116 valence electrons. The average Bonchev–Trinajstić information content (AvgIpc) is 2.45. The number of anilines is 1. The van der Waals surface area contributed by atoms with Crippen molar-refractivity contribution in [3.63, 3.8) is 0 Å². The summed E-state index contributed by atoms with van der Waals surface area (Å²) in [5.41, 5.74) is 0.724. The molecule has 1 aromatic carbocycles. The minimum atomic E-state index is -3.36. The molecule has 0 aromatic heterocycles. The Hall–Kier alpha value is -1.89. The molecule has 0 amide bonds. The Labute approximate surface area is 124 Å². The fourth-order valence-electron chi connectivity index (χ4n) is 1.66. The van der Waals surface area contributed by atoms with Crippen molar-refractivity contribution in [1.82, 2.24) is 0 Å². The highest BCUT2D eigenvalue weighted by molar-refractivity contribution is 7.92. The smallest absolute Gasteiger partial charge is 0.306 e. The molecule has 0 saturated heterocycles. The molecular weight excluding hydrogens is 294 g/mol. The van der Waals surface area contributed by atoms with E-state index in [2.05, 4.69) is 4.72 Å². The highest BCUT2D eigenvalue weighted by Crippen LogP contribution is 2.19. The van der Waals surface area contributed by atoms with Crippen molar-refractivity contribution < 1.29 is 23.1 Å². The predicted octanol–water partition coefficient (Wildman–Crippen LogP) is 1.99. The van der Waals surface area contributed by atoms with E-state index in [1.54, 1.807) is 6.92 Å². The van der Waals surface area contributed by atoms with E-state index in [0.717, 1.165) is 0 Å². The fraction of sp³-hybridized carbons (Fsp3) is 0.429. The molecule has 0 aliphatic rings. The lowest BCUT2D eigenvalue weighted by Crippen LogP contribution is -2.25. The molecule has 2 unspecified atom stereocenters. The minimum absolute atomic E-state index is 0.0408. The van der Waals surface area contributed by atoms with Gasteiger partial charge in [-0.1, -0.05) is 13.8 Å². The molecule has 0 radical (unpaired) electrons. The van der Waals surface area contributed by atoms with Crippen molar-refractivity contribution in [3.8, 4) is 0 Å². The van der Waals surface area contributed by atoms with Gasteiger partial charge in [0.1, 0.15) is 0 Å². The Balaban J connectivity index is 2.88. The van der Waals surface area contributed by atoms with Gasteiger partial charge in [0.05, 0.1) is 11.7 Å². The quantitative estimate of drug-likeness (QED) is 0.750. The van der Waals surface area contributed by atoms with Crippen LogP contribution in [0.15, 0.2) is 24.3 Å². The number of Topliss-reactive ketones (excluding diaryl/α,β-unsaturated/α-hetero) is 1. The van der Waals surface area contributed by atoms with Crippen molar-refractivity contribution >= 4 is 27.5 Å². The van der Waals surface area contributed by atoms with E-state index >= 15 is 0 Å². The summed E-state index contributed by atoms with van der Waals surface area (Å²) in [5.74, 6) is -2.78. The number of sulfonamides is 1. The summed E-state index contributed by atoms with van der Waals surface area (Å²) in [7, 11) is -3.36. The molecular formula is C14H19NO5S. The molecule has 0 fully saturated rings. The van der Waals surface area contributed by atoms with E-state index in [1.165, 1.54) is 38.1 Å². The molecule has 21 heavy (non-hydrogen) atoms. The normalized spacial score (nSPS) is 14.2. The first-order chi connectivity index (χ1) is 9.68. The molecule has 0 heterocycles. The van der Waals surface area contributed by atoms with Crippen LogP contribution in [0.3, 0.4) is 0 Å². The van der Waals surface area contributed by atoms with Crippen molar-refractivity contribution in [1.29, 1.82) is 0 Å². The SMILES string of the molecule is CCS(=O)(=O)Nc1ccc(C(=O)C(C)C(C)C(=O)O)cc1. The van der Waals surface area contributed by atoms with Gasteiger partial charge in [-0.3, -0.25) is 14.3 Å². The van der Waals surface area contributed by atoms with Crippen LogP contribution >= 0.6 is 0 Å². The lowest BCUT2D eigenvalue weighted by atomic mass is 9.88.